The Hall–Kier alpha value is -13.3. The molecule has 0 aliphatic heterocycles. The zero-order chi connectivity index (χ0) is 87.9. The third kappa shape index (κ3) is 14.6. The molecule has 0 unspecified atom stereocenters. The summed E-state index contributed by atoms with van der Waals surface area (Å²) in [5.41, 5.74) is 56.0. The lowest BCUT2D eigenvalue weighted by molar-refractivity contribution is 0.655. The molecule has 17 aromatic rings. The molecule has 0 N–H and O–H groups in total. The van der Waals surface area contributed by atoms with Gasteiger partial charge in [0.2, 0.25) is 0 Å². The van der Waals surface area contributed by atoms with Crippen LogP contribution in [0.25, 0.3) is 122 Å². The van der Waals surface area contributed by atoms with Crippen molar-refractivity contribution >= 4 is 0 Å². The summed E-state index contributed by atoms with van der Waals surface area (Å²) in [4.78, 5) is 0. The zero-order valence-electron chi connectivity index (χ0n) is 76.8. The summed E-state index contributed by atoms with van der Waals surface area (Å²) in [5, 5.41) is 0. The smallest absolute Gasteiger partial charge is 0.0161 e. The molecule has 0 aromatic heterocycles. The highest BCUT2D eigenvalue weighted by Crippen LogP contribution is 2.58. The number of rotatable bonds is 5. The maximum atomic E-state index is 2.38. The first kappa shape index (κ1) is 83.6. The van der Waals surface area contributed by atoms with Gasteiger partial charge < -0.3 is 0 Å². The molecule has 6 aliphatic carbocycles. The molecule has 0 nitrogen and oxygen atoms in total. The van der Waals surface area contributed by atoms with E-state index in [-0.39, 0.29) is 32.5 Å². The van der Waals surface area contributed by atoms with Crippen LogP contribution in [0.5, 0.6) is 0 Å². The monoisotopic (exact) mass is 1630 g/mol. The largest absolute Gasteiger partial charge is 0.0622 e. The fourth-order valence-corrected chi connectivity index (χ4v) is 22.2. The first-order chi connectivity index (χ1) is 60.5. The van der Waals surface area contributed by atoms with Crippen molar-refractivity contribution in [1.29, 1.82) is 0 Å². The molecule has 0 spiro atoms. The summed E-state index contributed by atoms with van der Waals surface area (Å²) in [6.45, 7) is 41.2. The van der Waals surface area contributed by atoms with E-state index < -0.39 is 0 Å². The molecular weight excluding hydrogens is 1510 g/mol. The highest BCUT2D eigenvalue weighted by atomic mass is 14.5. The van der Waals surface area contributed by atoms with Gasteiger partial charge in [0, 0.05) is 32.5 Å². The second kappa shape index (κ2) is 32.7. The Kier molecular flexibility index (Phi) is 21.7. The van der Waals surface area contributed by atoms with Gasteiger partial charge in [-0.05, 0) is 277 Å². The Morgan fingerprint density at radius 1 is 0.135 bits per heavy atom. The lowest BCUT2D eigenvalue weighted by Gasteiger charge is -2.24. The molecule has 0 saturated carbocycles. The standard InChI is InChI=1S/5C22H20.C16H16/c1-15-8-7-11-19-21(15)18-13-12-17(14-20(18)22(19,2)3)16-9-5-4-6-10-16;1-15-8-7-11-19-18-13-12-17(16-9-5-4-6-10-16)14-20(18)22(2,3)21(15)19;1-15-13-14-17(16-9-5-4-6-10-16)20-18-11-7-8-12-19(18)22(2,3)21(15)20;1-15-8-10-16(11-9-15)17-12-13-19-18-6-4-5-7-20(18)22(2,3)21(19)14-17;1-15-9-12-20-19(13-15)18-11-10-17(14-21(18)22(20,2)3)16-7-5-4-6-8-16;1-11-7-6-9-13-12-8-4-5-10-14(12)16(2,3)15(11)13/h5*4-14H,1-3H3;4-10H,1-3H3. The summed E-state index contributed by atoms with van der Waals surface area (Å²) in [6, 6.07) is 137. The topological polar surface area (TPSA) is 0 Å². The lowest BCUT2D eigenvalue weighted by atomic mass is 9.79. The van der Waals surface area contributed by atoms with Crippen molar-refractivity contribution in [3.05, 3.63) is 476 Å². The summed E-state index contributed by atoms with van der Waals surface area (Å²) < 4.78 is 0. The van der Waals surface area contributed by atoms with Gasteiger partial charge in [-0.3, -0.25) is 0 Å². The van der Waals surface area contributed by atoms with Gasteiger partial charge in [-0.1, -0.05) is 446 Å². The van der Waals surface area contributed by atoms with Gasteiger partial charge in [0.15, 0.2) is 0 Å². The van der Waals surface area contributed by atoms with Crippen molar-refractivity contribution in [2.24, 2.45) is 0 Å². The van der Waals surface area contributed by atoms with Crippen molar-refractivity contribution in [2.75, 3.05) is 0 Å². The van der Waals surface area contributed by atoms with E-state index in [0.29, 0.717) is 0 Å². The van der Waals surface area contributed by atoms with Gasteiger partial charge in [0.25, 0.3) is 0 Å². The van der Waals surface area contributed by atoms with Crippen LogP contribution >= 0.6 is 0 Å². The molecule has 0 heteroatoms. The van der Waals surface area contributed by atoms with Gasteiger partial charge >= 0.3 is 0 Å². The first-order valence-electron chi connectivity index (χ1n) is 45.3. The van der Waals surface area contributed by atoms with E-state index in [1.54, 1.807) is 0 Å². The van der Waals surface area contributed by atoms with Crippen LogP contribution in [0.2, 0.25) is 0 Å². The van der Waals surface area contributed by atoms with Crippen LogP contribution in [0, 0.1) is 41.5 Å². The van der Waals surface area contributed by atoms with Crippen LogP contribution < -0.4 is 0 Å². The van der Waals surface area contributed by atoms with Gasteiger partial charge in [0.05, 0.1) is 0 Å². The van der Waals surface area contributed by atoms with Crippen LogP contribution in [0.4, 0.5) is 0 Å². The zero-order valence-corrected chi connectivity index (χ0v) is 76.8. The summed E-state index contributed by atoms with van der Waals surface area (Å²) in [7, 11) is 0. The fraction of sp³-hybridized carbons (Fsp3) is 0.190. The fourth-order valence-electron chi connectivity index (χ4n) is 22.2. The van der Waals surface area contributed by atoms with Gasteiger partial charge in [-0.15, -0.1) is 0 Å². The average molecular weight is 1630 g/mol. The average Bonchev–Trinajstić information content (AvgIpc) is 1.39. The lowest BCUT2D eigenvalue weighted by Crippen LogP contribution is -2.16. The summed E-state index contributed by atoms with van der Waals surface area (Å²) in [5.74, 6) is 0. The highest BCUT2D eigenvalue weighted by molar-refractivity contribution is 5.95. The Morgan fingerprint density at radius 3 is 0.905 bits per heavy atom. The van der Waals surface area contributed by atoms with Gasteiger partial charge in [-0.25, -0.2) is 0 Å². The van der Waals surface area contributed by atoms with E-state index >= 15 is 0 Å². The quantitative estimate of drug-likeness (QED) is 0.161. The van der Waals surface area contributed by atoms with Crippen molar-refractivity contribution in [3.8, 4) is 122 Å². The van der Waals surface area contributed by atoms with E-state index in [1.165, 1.54) is 223 Å². The van der Waals surface area contributed by atoms with Crippen molar-refractivity contribution in [1.82, 2.24) is 0 Å². The Labute approximate surface area is 750 Å². The molecule has 0 saturated heterocycles. The van der Waals surface area contributed by atoms with Crippen molar-refractivity contribution < 1.29 is 0 Å². The number of benzene rings is 17. The molecule has 17 aromatic carbocycles. The number of fused-ring (bicyclic) bond motifs is 18. The molecular formula is C126H116. The first-order valence-corrected chi connectivity index (χ1v) is 45.3. The number of aryl methyl sites for hydroxylation is 6. The molecule has 0 fully saturated rings. The molecule has 0 atom stereocenters. The van der Waals surface area contributed by atoms with Crippen LogP contribution in [-0.2, 0) is 32.5 Å². The molecule has 0 heterocycles. The Morgan fingerprint density at radius 2 is 0.413 bits per heavy atom. The van der Waals surface area contributed by atoms with E-state index in [0.717, 1.165) is 0 Å². The molecule has 0 amide bonds. The van der Waals surface area contributed by atoms with Gasteiger partial charge in [0.1, 0.15) is 0 Å². The molecule has 0 bridgehead atoms. The Bertz CT molecular complexity index is 7000. The minimum Gasteiger partial charge on any atom is -0.0622 e. The van der Waals surface area contributed by atoms with E-state index in [9.17, 15) is 0 Å². The van der Waals surface area contributed by atoms with Crippen molar-refractivity contribution in [2.45, 2.75) is 157 Å². The minimum atomic E-state index is 0.0702. The summed E-state index contributed by atoms with van der Waals surface area (Å²) in [6.07, 6.45) is 0. The van der Waals surface area contributed by atoms with E-state index in [2.05, 4.69) is 501 Å². The van der Waals surface area contributed by atoms with E-state index in [4.69, 9.17) is 0 Å². The second-order valence-corrected chi connectivity index (χ2v) is 39.0. The van der Waals surface area contributed by atoms with Crippen LogP contribution in [-0.4, -0.2) is 0 Å². The van der Waals surface area contributed by atoms with Crippen LogP contribution in [0.1, 0.15) is 183 Å². The third-order valence-electron chi connectivity index (χ3n) is 28.7. The SMILES string of the molecule is Cc1ccc(-c2ccc3c(c2)C(C)(C)c2ccccc2-3)cc1.Cc1ccc(-c2ccccc2)c2c1C(C)(C)c1ccccc1-2.Cc1ccc2c(c1)-c1ccc(-c3ccccc3)cc1C2(C)C.Cc1cccc2c1-c1ccc(-c3ccccc3)cc1C2(C)C.Cc1cccc2c1C(C)(C)c1cc(-c3ccccc3)ccc1-2.Cc1cccc2c1C(C)(C)c1ccccc1-2. The summed E-state index contributed by atoms with van der Waals surface area (Å²) >= 11 is 0. The van der Waals surface area contributed by atoms with Crippen molar-refractivity contribution in [3.63, 3.8) is 0 Å². The highest BCUT2D eigenvalue weighted by Gasteiger charge is 2.42. The molecule has 620 valence electrons. The number of hydrogen-bond donors (Lipinski definition) is 0. The Balaban J connectivity index is 0.000000103. The molecule has 23 rings (SSSR count). The molecule has 0 radical (unpaired) electrons. The normalized spacial score (nSPS) is 14.7. The third-order valence-corrected chi connectivity index (χ3v) is 28.7. The predicted molar refractivity (Wildman–Crippen MR) is 540 cm³/mol. The van der Waals surface area contributed by atoms with E-state index in [1.807, 2.05) is 0 Å². The maximum Gasteiger partial charge on any atom is 0.0161 e. The van der Waals surface area contributed by atoms with Crippen LogP contribution in [0.3, 0.4) is 0 Å². The molecule has 6 aliphatic rings. The van der Waals surface area contributed by atoms with Crippen LogP contribution in [0.15, 0.2) is 376 Å². The maximum absolute atomic E-state index is 2.38. The number of hydrogen-bond acceptors (Lipinski definition) is 0. The molecule has 126 heavy (non-hydrogen) atoms. The predicted octanol–water partition coefficient (Wildman–Crippen LogP) is 34.1. The minimum absolute atomic E-state index is 0.0702. The van der Waals surface area contributed by atoms with Gasteiger partial charge in [-0.2, -0.15) is 0 Å². The second-order valence-electron chi connectivity index (χ2n) is 39.0.